The van der Waals surface area contributed by atoms with Crippen molar-refractivity contribution in [2.75, 3.05) is 21.3 Å². The fourth-order valence-electron chi connectivity index (χ4n) is 3.84. The van der Waals surface area contributed by atoms with E-state index in [0.717, 1.165) is 19.2 Å². The molecule has 3 atom stereocenters. The Labute approximate surface area is 218 Å². The van der Waals surface area contributed by atoms with E-state index in [4.69, 9.17) is 23.7 Å². The zero-order valence-electron chi connectivity index (χ0n) is 21.2. The summed E-state index contributed by atoms with van der Waals surface area (Å²) >= 11 is 0. The molecule has 0 heterocycles. The number of halogens is 3. The Bertz CT molecular complexity index is 1210. The van der Waals surface area contributed by atoms with Crippen LogP contribution in [0.15, 0.2) is 78.9 Å². The lowest BCUT2D eigenvalue weighted by molar-refractivity contribution is -0.279. The van der Waals surface area contributed by atoms with E-state index in [1.54, 1.807) is 36.4 Å². The van der Waals surface area contributed by atoms with Gasteiger partial charge in [0, 0.05) is 12.7 Å². The molecule has 0 spiro atoms. The number of ether oxygens (including phenoxy) is 5. The maximum atomic E-state index is 14.3. The van der Waals surface area contributed by atoms with Gasteiger partial charge in [0.05, 0.1) is 19.8 Å². The molecule has 0 saturated carbocycles. The van der Waals surface area contributed by atoms with Gasteiger partial charge in [-0.05, 0) is 48.9 Å². The van der Waals surface area contributed by atoms with Crippen LogP contribution in [0.1, 0.15) is 34.5 Å². The molecular formula is C28H27F3O7. The second-order valence-electron chi connectivity index (χ2n) is 8.19. The van der Waals surface area contributed by atoms with Crippen LogP contribution in [0.4, 0.5) is 13.2 Å². The molecule has 0 amide bonds. The maximum Gasteiger partial charge on any atom is 0.432 e. The zero-order chi connectivity index (χ0) is 27.9. The molecule has 7 nitrogen and oxygen atoms in total. The number of rotatable bonds is 10. The second-order valence-corrected chi connectivity index (χ2v) is 8.19. The molecular weight excluding hydrogens is 505 g/mol. The van der Waals surface area contributed by atoms with Crippen LogP contribution in [-0.4, -0.2) is 45.5 Å². The molecule has 3 aromatic rings. The summed E-state index contributed by atoms with van der Waals surface area (Å²) in [6, 6.07) is 18.8. The van der Waals surface area contributed by atoms with Crippen LogP contribution in [-0.2, 0) is 24.6 Å². The van der Waals surface area contributed by atoms with Crippen molar-refractivity contribution in [2.24, 2.45) is 0 Å². The first kappa shape index (κ1) is 28.5. The fourth-order valence-corrected chi connectivity index (χ4v) is 3.84. The Balaban J connectivity index is 1.96. The van der Waals surface area contributed by atoms with Crippen molar-refractivity contribution in [3.63, 3.8) is 0 Å². The minimum atomic E-state index is -5.16. The van der Waals surface area contributed by atoms with E-state index in [1.165, 1.54) is 51.5 Å². The van der Waals surface area contributed by atoms with E-state index in [1.807, 2.05) is 0 Å². The van der Waals surface area contributed by atoms with Gasteiger partial charge in [-0.1, -0.05) is 42.5 Å². The SMILES string of the molecule is COc1ccc(C(=O)O[C@@H](c2ccc(OC)cc2)[C@H](C)OC(=O)[C@](OC)(c2ccccc2)C(F)(F)F)cc1. The molecule has 0 unspecified atom stereocenters. The third kappa shape index (κ3) is 5.91. The second kappa shape index (κ2) is 12.0. The van der Waals surface area contributed by atoms with Gasteiger partial charge >= 0.3 is 18.1 Å². The van der Waals surface area contributed by atoms with Gasteiger partial charge in [-0.25, -0.2) is 9.59 Å². The molecule has 0 fully saturated rings. The van der Waals surface area contributed by atoms with Gasteiger partial charge in [-0.15, -0.1) is 0 Å². The van der Waals surface area contributed by atoms with Crippen molar-refractivity contribution in [2.45, 2.75) is 30.9 Å². The van der Waals surface area contributed by atoms with Crippen LogP contribution in [0, 0.1) is 0 Å². The van der Waals surface area contributed by atoms with Crippen LogP contribution in [0.25, 0.3) is 0 Å². The summed E-state index contributed by atoms with van der Waals surface area (Å²) < 4.78 is 69.0. The Hall–Kier alpha value is -4.05. The molecule has 38 heavy (non-hydrogen) atoms. The number of methoxy groups -OCH3 is 3. The van der Waals surface area contributed by atoms with Crippen molar-refractivity contribution < 1.29 is 46.4 Å². The van der Waals surface area contributed by atoms with Crippen LogP contribution in [0.5, 0.6) is 11.5 Å². The highest BCUT2D eigenvalue weighted by molar-refractivity contribution is 5.89. The van der Waals surface area contributed by atoms with E-state index >= 15 is 0 Å². The van der Waals surface area contributed by atoms with Crippen molar-refractivity contribution in [3.05, 3.63) is 95.6 Å². The van der Waals surface area contributed by atoms with E-state index in [0.29, 0.717) is 17.1 Å². The third-order valence-corrected chi connectivity index (χ3v) is 5.90. The Morgan fingerprint density at radius 1 is 0.737 bits per heavy atom. The lowest BCUT2D eigenvalue weighted by Gasteiger charge is -2.34. The summed E-state index contributed by atoms with van der Waals surface area (Å²) in [5, 5.41) is 0. The molecule has 0 saturated heterocycles. The average Bonchev–Trinajstić information content (AvgIpc) is 2.92. The maximum absolute atomic E-state index is 14.3. The van der Waals surface area contributed by atoms with Gasteiger partial charge in [0.2, 0.25) is 0 Å². The molecule has 0 aromatic heterocycles. The Morgan fingerprint density at radius 2 is 1.26 bits per heavy atom. The number of esters is 2. The molecule has 10 heteroatoms. The van der Waals surface area contributed by atoms with Crippen LogP contribution < -0.4 is 9.47 Å². The van der Waals surface area contributed by atoms with Crippen LogP contribution >= 0.6 is 0 Å². The molecule has 0 aliphatic carbocycles. The standard InChI is InChI=1S/C28H27F3O7/c1-18(37-26(33)27(36-4,28(29,30)31)21-8-6-5-7-9-21)24(19-10-14-22(34-2)15-11-19)38-25(32)20-12-16-23(35-3)17-13-20/h5-18,24H,1-4H3/t18-,24+,27+/m0/s1. The fraction of sp³-hybridized carbons (Fsp3) is 0.286. The van der Waals surface area contributed by atoms with Crippen molar-refractivity contribution in [3.8, 4) is 11.5 Å². The monoisotopic (exact) mass is 532 g/mol. The van der Waals surface area contributed by atoms with Gasteiger partial charge in [0.1, 0.15) is 17.6 Å². The number of hydrogen-bond acceptors (Lipinski definition) is 7. The largest absolute Gasteiger partial charge is 0.497 e. The predicted molar refractivity (Wildman–Crippen MR) is 131 cm³/mol. The van der Waals surface area contributed by atoms with E-state index in [2.05, 4.69) is 0 Å². The third-order valence-electron chi connectivity index (χ3n) is 5.90. The minimum absolute atomic E-state index is 0.161. The Kier molecular flexibility index (Phi) is 9.00. The smallest absolute Gasteiger partial charge is 0.432 e. The molecule has 0 aliphatic rings. The highest BCUT2D eigenvalue weighted by atomic mass is 19.4. The summed E-state index contributed by atoms with van der Waals surface area (Å²) in [6.45, 7) is 1.33. The number of alkyl halides is 3. The number of hydrogen-bond donors (Lipinski definition) is 0. The Morgan fingerprint density at radius 3 is 1.74 bits per heavy atom. The first-order valence-electron chi connectivity index (χ1n) is 11.4. The van der Waals surface area contributed by atoms with Crippen molar-refractivity contribution >= 4 is 11.9 Å². The quantitative estimate of drug-likeness (QED) is 0.313. The summed E-state index contributed by atoms with van der Waals surface area (Å²) in [6.07, 6.45) is -7.77. The van der Waals surface area contributed by atoms with Crippen LogP contribution in [0.2, 0.25) is 0 Å². The van der Waals surface area contributed by atoms with Crippen molar-refractivity contribution in [1.29, 1.82) is 0 Å². The molecule has 3 aromatic carbocycles. The topological polar surface area (TPSA) is 80.3 Å². The lowest BCUT2D eigenvalue weighted by Crippen LogP contribution is -2.52. The molecule has 0 bridgehead atoms. The average molecular weight is 533 g/mol. The highest BCUT2D eigenvalue weighted by Crippen LogP contribution is 2.43. The molecule has 0 N–H and O–H groups in total. The lowest BCUT2D eigenvalue weighted by atomic mass is 9.92. The molecule has 3 rings (SSSR count). The number of benzene rings is 3. The molecule has 0 aliphatic heterocycles. The predicted octanol–water partition coefficient (Wildman–Crippen LogP) is 5.64. The highest BCUT2D eigenvalue weighted by Gasteiger charge is 2.64. The zero-order valence-corrected chi connectivity index (χ0v) is 21.2. The normalized spacial score (nSPS) is 14.5. The van der Waals surface area contributed by atoms with E-state index in [9.17, 15) is 22.8 Å². The number of carbonyl (C=O) groups excluding carboxylic acids is 2. The summed E-state index contributed by atoms with van der Waals surface area (Å²) in [4.78, 5) is 26.1. The van der Waals surface area contributed by atoms with Gasteiger partial charge in [0.25, 0.3) is 5.60 Å². The summed E-state index contributed by atoms with van der Waals surface area (Å²) in [5.74, 6) is -1.48. The molecule has 202 valence electrons. The molecule has 0 radical (unpaired) electrons. The van der Waals surface area contributed by atoms with Gasteiger partial charge in [-0.2, -0.15) is 13.2 Å². The first-order chi connectivity index (χ1) is 18.1. The van der Waals surface area contributed by atoms with E-state index < -0.39 is 41.5 Å². The minimum Gasteiger partial charge on any atom is -0.497 e. The van der Waals surface area contributed by atoms with E-state index in [-0.39, 0.29) is 5.56 Å². The summed E-state index contributed by atoms with van der Waals surface area (Å²) in [7, 11) is 3.71. The van der Waals surface area contributed by atoms with Gasteiger partial charge in [-0.3, -0.25) is 0 Å². The van der Waals surface area contributed by atoms with Gasteiger partial charge < -0.3 is 23.7 Å². The number of carbonyl (C=O) groups is 2. The first-order valence-corrected chi connectivity index (χ1v) is 11.4. The van der Waals surface area contributed by atoms with Crippen molar-refractivity contribution in [1.82, 2.24) is 0 Å². The van der Waals surface area contributed by atoms with Crippen LogP contribution in [0.3, 0.4) is 0 Å². The van der Waals surface area contributed by atoms with Gasteiger partial charge in [0.15, 0.2) is 6.10 Å². The summed E-state index contributed by atoms with van der Waals surface area (Å²) in [5.41, 5.74) is -3.33.